The summed E-state index contributed by atoms with van der Waals surface area (Å²) in [6, 6.07) is 2.29. The lowest BCUT2D eigenvalue weighted by Crippen LogP contribution is -2.43. The van der Waals surface area contributed by atoms with Crippen LogP contribution in [0.3, 0.4) is 0 Å². The second-order valence-electron chi connectivity index (χ2n) is 5.37. The highest BCUT2D eigenvalue weighted by atomic mass is 32.1. The minimum atomic E-state index is 0.115. The molecule has 5 nitrogen and oxygen atoms in total. The summed E-state index contributed by atoms with van der Waals surface area (Å²) >= 11 is 1.78. The van der Waals surface area contributed by atoms with Crippen LogP contribution in [0.15, 0.2) is 11.4 Å². The van der Waals surface area contributed by atoms with Gasteiger partial charge in [0.1, 0.15) is 0 Å². The van der Waals surface area contributed by atoms with Crippen molar-refractivity contribution in [2.45, 2.75) is 31.8 Å². The van der Waals surface area contributed by atoms with Crippen molar-refractivity contribution in [1.29, 1.82) is 0 Å². The molecule has 1 atom stereocenters. The maximum Gasteiger partial charge on any atom is 0.236 e. The Morgan fingerprint density at radius 3 is 3.20 bits per heavy atom. The van der Waals surface area contributed by atoms with Crippen LogP contribution in [0.25, 0.3) is 0 Å². The summed E-state index contributed by atoms with van der Waals surface area (Å²) in [6.45, 7) is 2.58. The van der Waals surface area contributed by atoms with Crippen LogP contribution in [-0.2, 0) is 22.6 Å². The largest absolute Gasteiger partial charge is 0.352 e. The van der Waals surface area contributed by atoms with E-state index in [0.717, 1.165) is 25.9 Å². The Kier molecular flexibility index (Phi) is 4.03. The maximum atomic E-state index is 12.1. The first kappa shape index (κ1) is 13.6. The number of fused-ring (bicyclic) bond motifs is 1. The van der Waals surface area contributed by atoms with E-state index in [1.807, 2.05) is 4.90 Å². The van der Waals surface area contributed by atoms with Gasteiger partial charge >= 0.3 is 0 Å². The molecule has 2 N–H and O–H groups in total. The molecule has 6 heteroatoms. The van der Waals surface area contributed by atoms with Gasteiger partial charge in [-0.3, -0.25) is 9.59 Å². The van der Waals surface area contributed by atoms with Crippen molar-refractivity contribution < 1.29 is 9.59 Å². The van der Waals surface area contributed by atoms with Crippen molar-refractivity contribution in [3.63, 3.8) is 0 Å². The third-order valence-corrected chi connectivity index (χ3v) is 4.94. The lowest BCUT2D eigenvalue weighted by Gasteiger charge is -2.27. The van der Waals surface area contributed by atoms with E-state index in [9.17, 15) is 9.59 Å². The predicted molar refractivity (Wildman–Crippen MR) is 77.5 cm³/mol. The van der Waals surface area contributed by atoms with Crippen LogP contribution < -0.4 is 10.6 Å². The zero-order chi connectivity index (χ0) is 13.9. The second kappa shape index (κ2) is 5.93. The van der Waals surface area contributed by atoms with Gasteiger partial charge in [0.15, 0.2) is 0 Å². The Hall–Kier alpha value is -1.40. The zero-order valence-corrected chi connectivity index (χ0v) is 12.2. The van der Waals surface area contributed by atoms with E-state index in [1.54, 1.807) is 11.3 Å². The van der Waals surface area contributed by atoms with Crippen LogP contribution >= 0.6 is 11.3 Å². The quantitative estimate of drug-likeness (QED) is 0.850. The first-order valence-electron chi connectivity index (χ1n) is 7.05. The molecule has 108 valence electrons. The highest BCUT2D eigenvalue weighted by molar-refractivity contribution is 7.10. The minimum Gasteiger partial charge on any atom is -0.352 e. The summed E-state index contributed by atoms with van der Waals surface area (Å²) < 4.78 is 0. The SMILES string of the molecule is O=C1CCC(CNCC(=O)N2CCc3sccc3C2)N1. The van der Waals surface area contributed by atoms with Gasteiger partial charge < -0.3 is 15.5 Å². The average molecular weight is 293 g/mol. The highest BCUT2D eigenvalue weighted by Gasteiger charge is 2.23. The fourth-order valence-electron chi connectivity index (χ4n) is 2.76. The van der Waals surface area contributed by atoms with Crippen molar-refractivity contribution in [3.8, 4) is 0 Å². The Bertz CT molecular complexity index is 514. The van der Waals surface area contributed by atoms with Crippen molar-refractivity contribution in [3.05, 3.63) is 21.9 Å². The van der Waals surface area contributed by atoms with E-state index in [1.165, 1.54) is 10.4 Å². The van der Waals surface area contributed by atoms with E-state index in [4.69, 9.17) is 0 Å². The van der Waals surface area contributed by atoms with Crippen molar-refractivity contribution >= 4 is 23.2 Å². The number of carbonyl (C=O) groups excluding carboxylic acids is 2. The molecular formula is C14H19N3O2S. The third kappa shape index (κ3) is 3.02. The molecule has 0 aliphatic carbocycles. The standard InChI is InChI=1S/C14H19N3O2S/c18-13-2-1-11(16-13)7-15-8-14(19)17-5-3-12-10(9-17)4-6-20-12/h4,6,11,15H,1-3,5,7-9H2,(H,16,18). The predicted octanol–water partition coefficient (Wildman–Crippen LogP) is 0.501. The number of rotatable bonds is 4. The van der Waals surface area contributed by atoms with Gasteiger partial charge in [-0.2, -0.15) is 0 Å². The Labute approximate surface area is 122 Å². The van der Waals surface area contributed by atoms with E-state index in [-0.39, 0.29) is 17.9 Å². The van der Waals surface area contributed by atoms with Crippen molar-refractivity contribution in [2.24, 2.45) is 0 Å². The molecule has 1 fully saturated rings. The van der Waals surface area contributed by atoms with E-state index < -0.39 is 0 Å². The highest BCUT2D eigenvalue weighted by Crippen LogP contribution is 2.23. The van der Waals surface area contributed by atoms with Crippen molar-refractivity contribution in [2.75, 3.05) is 19.6 Å². The molecule has 1 saturated heterocycles. The molecule has 2 aliphatic rings. The molecule has 0 saturated carbocycles. The number of hydrogen-bond donors (Lipinski definition) is 2. The molecule has 0 spiro atoms. The van der Waals surface area contributed by atoms with Gasteiger partial charge in [0.25, 0.3) is 0 Å². The average Bonchev–Trinajstić information content (AvgIpc) is 3.06. The number of carbonyl (C=O) groups is 2. The van der Waals surface area contributed by atoms with Crippen LogP contribution in [0.4, 0.5) is 0 Å². The molecule has 1 aromatic heterocycles. The molecule has 0 aromatic carbocycles. The smallest absolute Gasteiger partial charge is 0.236 e. The molecule has 3 rings (SSSR count). The van der Waals surface area contributed by atoms with Crippen LogP contribution in [0, 0.1) is 0 Å². The van der Waals surface area contributed by atoms with Gasteiger partial charge in [-0.05, 0) is 29.9 Å². The van der Waals surface area contributed by atoms with Gasteiger partial charge in [-0.25, -0.2) is 0 Å². The van der Waals surface area contributed by atoms with Gasteiger partial charge in [0.05, 0.1) is 6.54 Å². The molecule has 20 heavy (non-hydrogen) atoms. The van der Waals surface area contributed by atoms with Crippen LogP contribution in [0.5, 0.6) is 0 Å². The van der Waals surface area contributed by atoms with Gasteiger partial charge in [-0.15, -0.1) is 11.3 Å². The first-order chi connectivity index (χ1) is 9.72. The summed E-state index contributed by atoms with van der Waals surface area (Å²) in [5.41, 5.74) is 1.29. The van der Waals surface area contributed by atoms with Crippen LogP contribution in [0.1, 0.15) is 23.3 Å². The molecule has 1 unspecified atom stereocenters. The topological polar surface area (TPSA) is 61.4 Å². The third-order valence-electron chi connectivity index (χ3n) is 3.91. The fraction of sp³-hybridized carbons (Fsp3) is 0.571. The number of thiophene rings is 1. The molecule has 3 heterocycles. The number of nitrogens with one attached hydrogen (secondary N) is 2. The zero-order valence-electron chi connectivity index (χ0n) is 11.4. The Morgan fingerprint density at radius 1 is 1.50 bits per heavy atom. The second-order valence-corrected chi connectivity index (χ2v) is 6.37. The molecule has 0 bridgehead atoms. The van der Waals surface area contributed by atoms with Gasteiger partial charge in [0.2, 0.25) is 11.8 Å². The summed E-state index contributed by atoms with van der Waals surface area (Å²) in [7, 11) is 0. The van der Waals surface area contributed by atoms with Crippen LogP contribution in [0.2, 0.25) is 0 Å². The molecule has 0 radical (unpaired) electrons. The summed E-state index contributed by atoms with van der Waals surface area (Å²) in [6.07, 6.45) is 2.44. The monoisotopic (exact) mass is 293 g/mol. The van der Waals surface area contributed by atoms with E-state index in [0.29, 0.717) is 19.5 Å². The fourth-order valence-corrected chi connectivity index (χ4v) is 3.65. The summed E-state index contributed by atoms with van der Waals surface area (Å²) in [4.78, 5) is 26.5. The van der Waals surface area contributed by atoms with Gasteiger partial charge in [0, 0.05) is 37.0 Å². The summed E-state index contributed by atoms with van der Waals surface area (Å²) in [5.74, 6) is 0.260. The van der Waals surface area contributed by atoms with Crippen molar-refractivity contribution in [1.82, 2.24) is 15.5 Å². The summed E-state index contributed by atoms with van der Waals surface area (Å²) in [5, 5.41) is 8.15. The van der Waals surface area contributed by atoms with E-state index >= 15 is 0 Å². The van der Waals surface area contributed by atoms with Crippen LogP contribution in [-0.4, -0.2) is 42.4 Å². The molecular weight excluding hydrogens is 274 g/mol. The minimum absolute atomic E-state index is 0.115. The lowest BCUT2D eigenvalue weighted by atomic mass is 10.1. The number of hydrogen-bond acceptors (Lipinski definition) is 4. The first-order valence-corrected chi connectivity index (χ1v) is 7.93. The van der Waals surface area contributed by atoms with E-state index in [2.05, 4.69) is 22.1 Å². The van der Waals surface area contributed by atoms with Gasteiger partial charge in [-0.1, -0.05) is 0 Å². The maximum absolute atomic E-state index is 12.1. The lowest BCUT2D eigenvalue weighted by molar-refractivity contribution is -0.131. The molecule has 2 amide bonds. The molecule has 2 aliphatic heterocycles. The normalized spacial score (nSPS) is 21.7. The Morgan fingerprint density at radius 2 is 2.40 bits per heavy atom. The Balaban J connectivity index is 1.42. The number of nitrogens with zero attached hydrogens (tertiary/aromatic N) is 1. The number of amides is 2. The molecule has 1 aromatic rings.